The number of fused-ring (bicyclic) bond motifs is 1. The Morgan fingerprint density at radius 3 is 2.94 bits per heavy atom. The van der Waals surface area contributed by atoms with Gasteiger partial charge in [0.2, 0.25) is 0 Å². The highest BCUT2D eigenvalue weighted by Crippen LogP contribution is 2.31. The van der Waals surface area contributed by atoms with Crippen molar-refractivity contribution in [3.63, 3.8) is 0 Å². The maximum Gasteiger partial charge on any atom is 0.150 e. The summed E-state index contributed by atoms with van der Waals surface area (Å²) >= 11 is 1.58. The van der Waals surface area contributed by atoms with Crippen LogP contribution in [0.15, 0.2) is 29.6 Å². The molecule has 0 atom stereocenters. The van der Waals surface area contributed by atoms with Gasteiger partial charge < -0.3 is 15.5 Å². The number of thiophene rings is 1. The van der Waals surface area contributed by atoms with Crippen LogP contribution in [0.5, 0.6) is 5.75 Å². The average Bonchev–Trinajstić information content (AvgIpc) is 2.93. The van der Waals surface area contributed by atoms with Crippen LogP contribution in [0.2, 0.25) is 0 Å². The van der Waals surface area contributed by atoms with Gasteiger partial charge in [-0.2, -0.15) is 0 Å². The number of aromatic nitrogens is 2. The Bertz CT molecular complexity index is 671. The molecule has 5 heteroatoms. The van der Waals surface area contributed by atoms with Crippen molar-refractivity contribution in [2.75, 3.05) is 12.8 Å². The number of hydrogen-bond acceptors (Lipinski definition) is 4. The standard InChI is InChI=1S/C12H11N3OS/c1-16-7-2-3-9-10(6-7)15-12(14-9)11-8(13)4-5-17-11/h2-6H,13H2,1H3,(H,14,15). The van der Waals surface area contributed by atoms with E-state index in [9.17, 15) is 0 Å². The lowest BCUT2D eigenvalue weighted by atomic mass is 10.3. The molecule has 4 nitrogen and oxygen atoms in total. The molecule has 0 fully saturated rings. The molecule has 0 unspecified atom stereocenters. The lowest BCUT2D eigenvalue weighted by molar-refractivity contribution is 0.415. The van der Waals surface area contributed by atoms with Gasteiger partial charge in [-0.15, -0.1) is 11.3 Å². The van der Waals surface area contributed by atoms with Gasteiger partial charge in [-0.05, 0) is 23.6 Å². The van der Waals surface area contributed by atoms with Gasteiger partial charge in [-0.25, -0.2) is 4.98 Å². The lowest BCUT2D eigenvalue weighted by Gasteiger charge is -1.96. The largest absolute Gasteiger partial charge is 0.497 e. The van der Waals surface area contributed by atoms with Crippen LogP contribution in [0.4, 0.5) is 5.69 Å². The molecule has 0 saturated heterocycles. The van der Waals surface area contributed by atoms with Crippen LogP contribution in [-0.2, 0) is 0 Å². The van der Waals surface area contributed by atoms with Crippen molar-refractivity contribution >= 4 is 28.1 Å². The third-order valence-corrected chi connectivity index (χ3v) is 3.54. The number of rotatable bonds is 2. The van der Waals surface area contributed by atoms with E-state index in [4.69, 9.17) is 10.5 Å². The summed E-state index contributed by atoms with van der Waals surface area (Å²) in [7, 11) is 1.65. The van der Waals surface area contributed by atoms with Crippen LogP contribution >= 0.6 is 11.3 Å². The molecule has 2 aromatic heterocycles. The second-order valence-electron chi connectivity index (χ2n) is 3.67. The summed E-state index contributed by atoms with van der Waals surface area (Å²) in [6.45, 7) is 0. The highest BCUT2D eigenvalue weighted by Gasteiger charge is 2.09. The fourth-order valence-electron chi connectivity index (χ4n) is 1.73. The molecule has 0 aliphatic carbocycles. The van der Waals surface area contributed by atoms with Crippen LogP contribution in [0.25, 0.3) is 21.7 Å². The normalized spacial score (nSPS) is 10.9. The zero-order chi connectivity index (χ0) is 11.8. The third kappa shape index (κ3) is 1.64. The summed E-state index contributed by atoms with van der Waals surface area (Å²) in [4.78, 5) is 8.74. The van der Waals surface area contributed by atoms with E-state index in [1.54, 1.807) is 18.4 Å². The van der Waals surface area contributed by atoms with Crippen molar-refractivity contribution in [1.82, 2.24) is 9.97 Å². The molecule has 3 rings (SSSR count). The number of hydrogen-bond donors (Lipinski definition) is 2. The van der Waals surface area contributed by atoms with Crippen LogP contribution < -0.4 is 10.5 Å². The van der Waals surface area contributed by atoms with E-state index in [1.165, 1.54) is 0 Å². The SMILES string of the molecule is COc1ccc2nc(-c3sccc3N)[nH]c2c1. The number of H-pyrrole nitrogens is 1. The minimum absolute atomic E-state index is 0.751. The monoisotopic (exact) mass is 245 g/mol. The first-order valence-corrected chi connectivity index (χ1v) is 6.03. The number of methoxy groups -OCH3 is 1. The van der Waals surface area contributed by atoms with E-state index in [0.717, 1.165) is 33.2 Å². The quantitative estimate of drug-likeness (QED) is 0.729. The number of aromatic amines is 1. The van der Waals surface area contributed by atoms with Crippen LogP contribution in [0.3, 0.4) is 0 Å². The Morgan fingerprint density at radius 1 is 1.35 bits per heavy atom. The fourth-order valence-corrected chi connectivity index (χ4v) is 2.50. The molecule has 0 spiro atoms. The Hall–Kier alpha value is -2.01. The predicted octanol–water partition coefficient (Wildman–Crippen LogP) is 2.88. The van der Waals surface area contributed by atoms with Crippen molar-refractivity contribution in [1.29, 1.82) is 0 Å². The maximum atomic E-state index is 5.88. The molecule has 0 radical (unpaired) electrons. The molecular weight excluding hydrogens is 234 g/mol. The smallest absolute Gasteiger partial charge is 0.150 e. The van der Waals surface area contributed by atoms with Crippen LogP contribution in [-0.4, -0.2) is 17.1 Å². The second kappa shape index (κ2) is 3.78. The number of anilines is 1. The zero-order valence-electron chi connectivity index (χ0n) is 9.23. The van der Waals surface area contributed by atoms with Gasteiger partial charge in [0, 0.05) is 6.07 Å². The Balaban J connectivity index is 2.17. The third-order valence-electron chi connectivity index (χ3n) is 2.60. The summed E-state index contributed by atoms with van der Waals surface area (Å²) in [6.07, 6.45) is 0. The first-order valence-electron chi connectivity index (χ1n) is 5.15. The highest BCUT2D eigenvalue weighted by molar-refractivity contribution is 7.14. The van der Waals surface area contributed by atoms with Gasteiger partial charge in [-0.1, -0.05) is 0 Å². The summed E-state index contributed by atoms with van der Waals surface area (Å²) in [5.74, 6) is 1.62. The first-order chi connectivity index (χ1) is 8.28. The molecule has 3 aromatic rings. The van der Waals surface area contributed by atoms with Gasteiger partial charge in [0.1, 0.15) is 5.75 Å². The summed E-state index contributed by atoms with van der Waals surface area (Å²) in [6, 6.07) is 7.63. The Kier molecular flexibility index (Phi) is 2.26. The van der Waals surface area contributed by atoms with Crippen molar-refractivity contribution in [3.05, 3.63) is 29.6 Å². The maximum absolute atomic E-state index is 5.88. The number of imidazole rings is 1. The summed E-state index contributed by atoms with van der Waals surface area (Å²) < 4.78 is 5.18. The molecule has 2 heterocycles. The van der Waals surface area contributed by atoms with Crippen LogP contribution in [0.1, 0.15) is 0 Å². The molecule has 0 amide bonds. The molecule has 0 aliphatic rings. The first kappa shape index (κ1) is 10.2. The Morgan fingerprint density at radius 2 is 2.24 bits per heavy atom. The predicted molar refractivity (Wildman–Crippen MR) is 70.4 cm³/mol. The van der Waals surface area contributed by atoms with Crippen molar-refractivity contribution in [2.24, 2.45) is 0 Å². The molecule has 86 valence electrons. The fraction of sp³-hybridized carbons (Fsp3) is 0.0833. The van der Waals surface area contributed by atoms with E-state index in [-0.39, 0.29) is 0 Å². The summed E-state index contributed by atoms with van der Waals surface area (Å²) in [5.41, 5.74) is 8.49. The van der Waals surface area contributed by atoms with Crippen molar-refractivity contribution < 1.29 is 4.74 Å². The van der Waals surface area contributed by atoms with Gasteiger partial charge in [0.05, 0.1) is 28.7 Å². The second-order valence-corrected chi connectivity index (χ2v) is 4.59. The number of benzene rings is 1. The number of nitrogen functional groups attached to an aromatic ring is 1. The number of nitrogens with one attached hydrogen (secondary N) is 1. The lowest BCUT2D eigenvalue weighted by Crippen LogP contribution is -1.84. The molecule has 1 aromatic carbocycles. The van der Waals surface area contributed by atoms with Gasteiger partial charge in [0.25, 0.3) is 0 Å². The van der Waals surface area contributed by atoms with E-state index in [2.05, 4.69) is 9.97 Å². The van der Waals surface area contributed by atoms with Gasteiger partial charge >= 0.3 is 0 Å². The van der Waals surface area contributed by atoms with Crippen LogP contribution in [0, 0.1) is 0 Å². The van der Waals surface area contributed by atoms with Gasteiger partial charge in [0.15, 0.2) is 5.82 Å². The number of nitrogens with zero attached hydrogens (tertiary/aromatic N) is 1. The van der Waals surface area contributed by atoms with E-state index < -0.39 is 0 Å². The van der Waals surface area contributed by atoms with E-state index >= 15 is 0 Å². The number of ether oxygens (including phenoxy) is 1. The van der Waals surface area contributed by atoms with E-state index in [1.807, 2.05) is 29.6 Å². The molecule has 3 N–H and O–H groups in total. The number of nitrogens with two attached hydrogens (primary N) is 1. The minimum Gasteiger partial charge on any atom is -0.497 e. The zero-order valence-corrected chi connectivity index (χ0v) is 10.0. The Labute approximate surface area is 102 Å². The average molecular weight is 245 g/mol. The van der Waals surface area contributed by atoms with Crippen molar-refractivity contribution in [2.45, 2.75) is 0 Å². The molecule has 0 bridgehead atoms. The molecule has 0 saturated carbocycles. The molecule has 17 heavy (non-hydrogen) atoms. The minimum atomic E-state index is 0.751. The highest BCUT2D eigenvalue weighted by atomic mass is 32.1. The van der Waals surface area contributed by atoms with E-state index in [0.29, 0.717) is 0 Å². The van der Waals surface area contributed by atoms with Gasteiger partial charge in [-0.3, -0.25) is 0 Å². The topological polar surface area (TPSA) is 63.9 Å². The molecular formula is C12H11N3OS. The molecule has 0 aliphatic heterocycles. The summed E-state index contributed by atoms with van der Waals surface area (Å²) in [5, 5.41) is 1.96. The van der Waals surface area contributed by atoms with Crippen molar-refractivity contribution in [3.8, 4) is 16.5 Å².